The van der Waals surface area contributed by atoms with Crippen LogP contribution in [0.5, 0.6) is 23.0 Å². The van der Waals surface area contributed by atoms with E-state index in [2.05, 4.69) is 5.32 Å². The molecule has 6 heteroatoms. The fraction of sp³-hybridized carbons (Fsp3) is 0.562. The molecule has 122 valence electrons. The van der Waals surface area contributed by atoms with Gasteiger partial charge in [-0.05, 0) is 20.0 Å². The molecule has 1 saturated heterocycles. The summed E-state index contributed by atoms with van der Waals surface area (Å²) in [5.41, 5.74) is -0.847. The quantitative estimate of drug-likeness (QED) is 0.864. The van der Waals surface area contributed by atoms with Gasteiger partial charge in [0.25, 0.3) is 0 Å². The lowest BCUT2D eigenvalue weighted by Crippen LogP contribution is -2.51. The lowest BCUT2D eigenvalue weighted by Gasteiger charge is -2.36. The van der Waals surface area contributed by atoms with Gasteiger partial charge in [-0.3, -0.25) is 4.79 Å². The van der Waals surface area contributed by atoms with Crippen LogP contribution in [0, 0.1) is 0 Å². The van der Waals surface area contributed by atoms with E-state index in [-0.39, 0.29) is 5.78 Å². The zero-order chi connectivity index (χ0) is 16.2. The second kappa shape index (κ2) is 6.87. The minimum atomic E-state index is -0.847. The average molecular weight is 309 g/mol. The molecule has 1 aromatic rings. The van der Waals surface area contributed by atoms with Crippen LogP contribution < -0.4 is 24.3 Å². The van der Waals surface area contributed by atoms with Crippen molar-refractivity contribution in [1.82, 2.24) is 5.32 Å². The van der Waals surface area contributed by atoms with E-state index >= 15 is 0 Å². The van der Waals surface area contributed by atoms with Crippen LogP contribution in [-0.4, -0.2) is 45.8 Å². The van der Waals surface area contributed by atoms with Crippen LogP contribution in [0.15, 0.2) is 12.1 Å². The topological polar surface area (TPSA) is 66.0 Å². The number of ether oxygens (including phenoxy) is 4. The number of piperidine rings is 1. The minimum Gasteiger partial charge on any atom is -0.496 e. The Kier molecular flexibility index (Phi) is 5.13. The highest BCUT2D eigenvalue weighted by Crippen LogP contribution is 2.44. The molecule has 0 radical (unpaired) electrons. The van der Waals surface area contributed by atoms with E-state index in [1.807, 2.05) is 0 Å². The SMILES string of the molecule is COc1cc(OC)c(OC2(C(C)=O)CCNCC2)c(OC)c1. The van der Waals surface area contributed by atoms with Gasteiger partial charge in [0.05, 0.1) is 21.3 Å². The number of carbonyl (C=O) groups excluding carboxylic acids is 1. The van der Waals surface area contributed by atoms with Crippen molar-refractivity contribution in [3.8, 4) is 23.0 Å². The number of hydrogen-bond donors (Lipinski definition) is 1. The summed E-state index contributed by atoms with van der Waals surface area (Å²) in [6.07, 6.45) is 1.22. The second-order valence-corrected chi connectivity index (χ2v) is 5.26. The molecule has 0 spiro atoms. The van der Waals surface area contributed by atoms with Crippen molar-refractivity contribution in [3.63, 3.8) is 0 Å². The monoisotopic (exact) mass is 309 g/mol. The number of ketones is 1. The molecule has 1 aliphatic heterocycles. The van der Waals surface area contributed by atoms with Gasteiger partial charge in [-0.1, -0.05) is 0 Å². The number of rotatable bonds is 6. The van der Waals surface area contributed by atoms with Crippen molar-refractivity contribution in [3.05, 3.63) is 12.1 Å². The van der Waals surface area contributed by atoms with Gasteiger partial charge in [-0.2, -0.15) is 0 Å². The lowest BCUT2D eigenvalue weighted by molar-refractivity contribution is -0.134. The normalized spacial score (nSPS) is 16.7. The van der Waals surface area contributed by atoms with Crippen molar-refractivity contribution >= 4 is 5.78 Å². The number of carbonyl (C=O) groups is 1. The maximum Gasteiger partial charge on any atom is 0.204 e. The Labute approximate surface area is 130 Å². The highest BCUT2D eigenvalue weighted by atomic mass is 16.6. The van der Waals surface area contributed by atoms with Crippen LogP contribution in [-0.2, 0) is 4.79 Å². The van der Waals surface area contributed by atoms with Gasteiger partial charge in [-0.15, -0.1) is 0 Å². The van der Waals surface area contributed by atoms with Gasteiger partial charge in [0, 0.05) is 25.0 Å². The molecular weight excluding hydrogens is 286 g/mol. The highest BCUT2D eigenvalue weighted by molar-refractivity contribution is 5.85. The van der Waals surface area contributed by atoms with Gasteiger partial charge in [-0.25, -0.2) is 0 Å². The van der Waals surface area contributed by atoms with Gasteiger partial charge in [0.15, 0.2) is 22.9 Å². The summed E-state index contributed by atoms with van der Waals surface area (Å²) >= 11 is 0. The van der Waals surface area contributed by atoms with E-state index in [9.17, 15) is 4.79 Å². The summed E-state index contributed by atoms with van der Waals surface area (Å²) in [5, 5.41) is 3.24. The zero-order valence-electron chi connectivity index (χ0n) is 13.5. The minimum absolute atomic E-state index is 0.00826. The molecule has 0 aromatic heterocycles. The summed E-state index contributed by atoms with van der Waals surface area (Å²) in [4.78, 5) is 12.2. The molecular formula is C16H23NO5. The lowest BCUT2D eigenvalue weighted by atomic mass is 9.88. The molecule has 0 aliphatic carbocycles. The molecule has 22 heavy (non-hydrogen) atoms. The first-order valence-electron chi connectivity index (χ1n) is 7.27. The Morgan fingerprint density at radius 3 is 2.00 bits per heavy atom. The van der Waals surface area contributed by atoms with Crippen LogP contribution >= 0.6 is 0 Å². The van der Waals surface area contributed by atoms with Gasteiger partial charge < -0.3 is 24.3 Å². The Morgan fingerprint density at radius 1 is 1.05 bits per heavy atom. The van der Waals surface area contributed by atoms with Crippen molar-refractivity contribution in [2.24, 2.45) is 0 Å². The smallest absolute Gasteiger partial charge is 0.204 e. The number of nitrogens with one attached hydrogen (secondary N) is 1. The molecule has 0 unspecified atom stereocenters. The van der Waals surface area contributed by atoms with E-state index in [4.69, 9.17) is 18.9 Å². The summed E-state index contributed by atoms with van der Waals surface area (Å²) in [6.45, 7) is 3.04. The maximum atomic E-state index is 12.2. The van der Waals surface area contributed by atoms with Crippen LogP contribution in [0.1, 0.15) is 19.8 Å². The summed E-state index contributed by atoms with van der Waals surface area (Å²) < 4.78 is 22.1. The number of methoxy groups -OCH3 is 3. The van der Waals surface area contributed by atoms with E-state index in [0.717, 1.165) is 13.1 Å². The van der Waals surface area contributed by atoms with Gasteiger partial charge in [0.1, 0.15) is 5.75 Å². The molecule has 0 bridgehead atoms. The molecule has 2 rings (SSSR count). The summed E-state index contributed by atoms with van der Waals surface area (Å²) in [6, 6.07) is 3.43. The van der Waals surface area contributed by atoms with Crippen LogP contribution in [0.25, 0.3) is 0 Å². The first-order chi connectivity index (χ1) is 10.6. The number of benzene rings is 1. The third kappa shape index (κ3) is 3.11. The maximum absolute atomic E-state index is 12.2. The molecule has 0 saturated carbocycles. The highest BCUT2D eigenvalue weighted by Gasteiger charge is 2.40. The number of hydrogen-bond acceptors (Lipinski definition) is 6. The Bertz CT molecular complexity index is 512. The predicted octanol–water partition coefficient (Wildman–Crippen LogP) is 1.80. The first-order valence-corrected chi connectivity index (χ1v) is 7.27. The van der Waals surface area contributed by atoms with Gasteiger partial charge in [0.2, 0.25) is 5.75 Å². The fourth-order valence-electron chi connectivity index (χ4n) is 2.63. The predicted molar refractivity (Wildman–Crippen MR) is 82.2 cm³/mol. The fourth-order valence-corrected chi connectivity index (χ4v) is 2.63. The molecule has 1 N–H and O–H groups in total. The van der Waals surface area contributed by atoms with Crippen molar-refractivity contribution < 1.29 is 23.7 Å². The van der Waals surface area contributed by atoms with E-state index < -0.39 is 5.60 Å². The van der Waals surface area contributed by atoms with Crippen LogP contribution in [0.2, 0.25) is 0 Å². The van der Waals surface area contributed by atoms with Crippen molar-refractivity contribution in [1.29, 1.82) is 0 Å². The zero-order valence-corrected chi connectivity index (χ0v) is 13.5. The Hall–Kier alpha value is -1.95. The molecule has 0 atom stereocenters. The second-order valence-electron chi connectivity index (χ2n) is 5.26. The average Bonchev–Trinajstić information content (AvgIpc) is 2.55. The number of Topliss-reactive ketones (excluding diaryl/α,β-unsaturated/α-hetero) is 1. The largest absolute Gasteiger partial charge is 0.496 e. The van der Waals surface area contributed by atoms with Crippen molar-refractivity contribution in [2.45, 2.75) is 25.4 Å². The van der Waals surface area contributed by atoms with E-state index in [0.29, 0.717) is 35.8 Å². The standard InChI is InChI=1S/C16H23NO5/c1-11(18)16(5-7-17-8-6-16)22-15-13(20-3)9-12(19-2)10-14(15)21-4/h9-10,17H,5-8H2,1-4H3. The Morgan fingerprint density at radius 2 is 1.59 bits per heavy atom. The van der Waals surface area contributed by atoms with E-state index in [1.54, 1.807) is 40.4 Å². The Balaban J connectivity index is 2.44. The van der Waals surface area contributed by atoms with Gasteiger partial charge >= 0.3 is 0 Å². The third-order valence-corrected chi connectivity index (χ3v) is 4.02. The van der Waals surface area contributed by atoms with Crippen LogP contribution in [0.4, 0.5) is 0 Å². The summed E-state index contributed by atoms with van der Waals surface area (Å²) in [7, 11) is 4.66. The first kappa shape index (κ1) is 16.4. The molecule has 1 aromatic carbocycles. The molecule has 6 nitrogen and oxygen atoms in total. The molecule has 1 heterocycles. The molecule has 1 fully saturated rings. The summed E-state index contributed by atoms with van der Waals surface area (Å²) in [5.74, 6) is 2.01. The third-order valence-electron chi connectivity index (χ3n) is 4.02. The molecule has 0 amide bonds. The molecule has 1 aliphatic rings. The van der Waals surface area contributed by atoms with E-state index in [1.165, 1.54) is 0 Å². The van der Waals surface area contributed by atoms with Crippen molar-refractivity contribution in [2.75, 3.05) is 34.4 Å². The van der Waals surface area contributed by atoms with Crippen LogP contribution in [0.3, 0.4) is 0 Å².